The number of hydrogen-bond acceptors (Lipinski definition) is 10. The third-order valence-electron chi connectivity index (χ3n) is 17.7. The molecular formula is C60H74N4O9. The van der Waals surface area contributed by atoms with Gasteiger partial charge in [0.25, 0.3) is 0 Å². The lowest BCUT2D eigenvalue weighted by atomic mass is 9.47. The monoisotopic (exact) mass is 995 g/mol. The zero-order valence-electron chi connectivity index (χ0n) is 43.5. The van der Waals surface area contributed by atoms with Crippen molar-refractivity contribution in [2.24, 2.45) is 46.3 Å². The first-order valence-electron chi connectivity index (χ1n) is 26.7. The number of ether oxygens (including phenoxy) is 2. The van der Waals surface area contributed by atoms with Crippen LogP contribution in [0.4, 0.5) is 16.2 Å². The van der Waals surface area contributed by atoms with E-state index in [0.717, 1.165) is 71.9 Å². The summed E-state index contributed by atoms with van der Waals surface area (Å²) in [6.07, 6.45) is 17.1. The van der Waals surface area contributed by atoms with Crippen LogP contribution in [0.3, 0.4) is 0 Å². The first-order chi connectivity index (χ1) is 35.0. The second kappa shape index (κ2) is 21.6. The van der Waals surface area contributed by atoms with Crippen LogP contribution >= 0.6 is 0 Å². The number of carbonyl (C=O) groups is 3. The lowest BCUT2D eigenvalue weighted by molar-refractivity contribution is -0.136. The molecule has 3 N–H and O–H groups in total. The third kappa shape index (κ3) is 11.0. The van der Waals surface area contributed by atoms with Crippen LogP contribution in [0.2, 0.25) is 0 Å². The Bertz CT molecular complexity index is 2850. The van der Waals surface area contributed by atoms with E-state index in [2.05, 4.69) is 51.0 Å². The quantitative estimate of drug-likeness (QED) is 0.0529. The molecule has 73 heavy (non-hydrogen) atoms. The summed E-state index contributed by atoms with van der Waals surface area (Å²) in [5, 5.41) is 23.2. The summed E-state index contributed by atoms with van der Waals surface area (Å²) in [5.41, 5.74) is 6.22. The summed E-state index contributed by atoms with van der Waals surface area (Å²) in [7, 11) is 1.94. The Morgan fingerprint density at radius 2 is 1.71 bits per heavy atom. The second-order valence-corrected chi connectivity index (χ2v) is 22.7. The molecule has 3 fully saturated rings. The Morgan fingerprint density at radius 1 is 0.904 bits per heavy atom. The number of aromatic nitrogens is 1. The number of benzene rings is 3. The topological polar surface area (TPSA) is 172 Å². The Labute approximate surface area is 429 Å². The van der Waals surface area contributed by atoms with Crippen LogP contribution in [0.15, 0.2) is 99.9 Å². The van der Waals surface area contributed by atoms with Crippen molar-refractivity contribution in [3.8, 4) is 28.2 Å². The van der Waals surface area contributed by atoms with Gasteiger partial charge in [-0.15, -0.1) is 0 Å². The van der Waals surface area contributed by atoms with Crippen LogP contribution in [-0.4, -0.2) is 72.6 Å². The molecule has 2 heterocycles. The number of nitrogens with one attached hydrogen (secondary N) is 1. The van der Waals surface area contributed by atoms with Crippen LogP contribution < -0.4 is 25.3 Å². The number of amides is 1. The Kier molecular flexibility index (Phi) is 15.3. The molecule has 8 atom stereocenters. The van der Waals surface area contributed by atoms with Crippen molar-refractivity contribution < 1.29 is 38.5 Å². The van der Waals surface area contributed by atoms with E-state index in [1.165, 1.54) is 67.6 Å². The minimum absolute atomic E-state index is 0.0384. The van der Waals surface area contributed by atoms with Gasteiger partial charge in [-0.05, 0) is 145 Å². The number of anilines is 2. The molecule has 6 aliphatic rings. The number of pyridine rings is 1. The molecule has 3 aromatic rings. The zero-order valence-corrected chi connectivity index (χ0v) is 43.5. The van der Waals surface area contributed by atoms with E-state index < -0.39 is 31.1 Å². The molecule has 0 bridgehead atoms. The average Bonchev–Trinajstić information content (AvgIpc) is 3.72. The van der Waals surface area contributed by atoms with Gasteiger partial charge in [-0.1, -0.05) is 77.7 Å². The van der Waals surface area contributed by atoms with Gasteiger partial charge in [-0.2, -0.15) is 0 Å². The van der Waals surface area contributed by atoms with Crippen LogP contribution in [-0.2, 0) is 20.9 Å². The molecule has 13 heteroatoms. The highest BCUT2D eigenvalue weighted by molar-refractivity contribution is 6.03. The number of aliphatic carboxylic acids is 2. The highest BCUT2D eigenvalue weighted by atomic mass is 16.6. The zero-order chi connectivity index (χ0) is 51.6. The first kappa shape index (κ1) is 51.5. The fraction of sp³-hybridized carbons (Fsp3) is 0.517. The Balaban J connectivity index is 0.860. The van der Waals surface area contributed by atoms with Crippen molar-refractivity contribution in [2.75, 3.05) is 43.0 Å². The van der Waals surface area contributed by atoms with Crippen molar-refractivity contribution in [1.29, 1.82) is 0 Å². The largest absolute Gasteiger partial charge is 0.485 e. The number of fused-ring (bicyclic) bond motifs is 7. The van der Waals surface area contributed by atoms with E-state index in [1.807, 2.05) is 36.2 Å². The summed E-state index contributed by atoms with van der Waals surface area (Å²) < 4.78 is 18.8. The van der Waals surface area contributed by atoms with Crippen molar-refractivity contribution >= 4 is 40.4 Å². The van der Waals surface area contributed by atoms with E-state index >= 15 is 0 Å². The van der Waals surface area contributed by atoms with Gasteiger partial charge >= 0.3 is 18.0 Å². The van der Waals surface area contributed by atoms with E-state index in [9.17, 15) is 29.4 Å². The average molecular weight is 995 g/mol. The van der Waals surface area contributed by atoms with Gasteiger partial charge < -0.3 is 39.2 Å². The molecule has 0 saturated heterocycles. The van der Waals surface area contributed by atoms with Crippen LogP contribution in [0.25, 0.3) is 33.4 Å². The predicted octanol–water partition coefficient (Wildman–Crippen LogP) is 12.1. The molecular weight excluding hydrogens is 921 g/mol. The number of likely N-dealkylation sites (N-methyl/N-ethyl adjacent to an activating group) is 1. The maximum Gasteiger partial charge on any atom is 0.407 e. The Morgan fingerprint density at radius 3 is 2.47 bits per heavy atom. The molecule has 5 aliphatic carbocycles. The van der Waals surface area contributed by atoms with Crippen molar-refractivity contribution in [3.63, 3.8) is 0 Å². The first-order valence-corrected chi connectivity index (χ1v) is 26.7. The summed E-state index contributed by atoms with van der Waals surface area (Å²) in [4.78, 5) is 57.5. The van der Waals surface area contributed by atoms with Gasteiger partial charge in [0.05, 0.1) is 11.4 Å². The molecule has 0 unspecified atom stereocenters. The lowest BCUT2D eigenvalue weighted by Gasteiger charge is -2.58. The smallest absolute Gasteiger partial charge is 0.407 e. The minimum Gasteiger partial charge on any atom is -0.485 e. The maximum atomic E-state index is 13.4. The van der Waals surface area contributed by atoms with Crippen molar-refractivity contribution in [3.05, 3.63) is 107 Å². The molecule has 0 radical (unpaired) electrons. The van der Waals surface area contributed by atoms with Gasteiger partial charge in [0, 0.05) is 67.1 Å². The third-order valence-corrected chi connectivity index (χ3v) is 17.7. The fourth-order valence-electron chi connectivity index (χ4n) is 14.0. The summed E-state index contributed by atoms with van der Waals surface area (Å²) in [6, 6.07) is 21.0. The maximum absolute atomic E-state index is 13.4. The molecule has 1 aromatic heterocycles. The van der Waals surface area contributed by atoms with E-state index in [-0.39, 0.29) is 35.0 Å². The number of allylic oxidation sites excluding steroid dienone is 1. The molecule has 13 nitrogen and oxygen atoms in total. The van der Waals surface area contributed by atoms with Crippen molar-refractivity contribution in [1.82, 2.24) is 10.3 Å². The standard InChI is InChI=1S/C60H74N4O9/c1-37(2)10-9-11-38(3)48-20-21-49-45-17-14-40-31-44(23-25-59(40,4)50(45)24-26-60(48,49)5)72-58(70)62-28-29-63(6)42-15-18-46-52(32-42)73-53-33-43(65)16-19-47(53)57(46)39-13-22-51(64(34-55(66)67)35-56(68)69)54(30-39)71-36-41-12-7-8-27-61-41/h7-8,12-16,18-19,22,27,30,32-33,37-38,44-45,48-50H,9-11,17,20-21,23-26,28-29,31,34-36H2,1-6H3,(H,62,70)(H,66,67)(H,68,69)/t38-,44+,45+,48-,49+,50+,59+,60-/m1/s1. The summed E-state index contributed by atoms with van der Waals surface area (Å²) in [6.45, 7) is 12.2. The van der Waals surface area contributed by atoms with Gasteiger partial charge in [-0.3, -0.25) is 19.4 Å². The summed E-state index contributed by atoms with van der Waals surface area (Å²) >= 11 is 0. The van der Waals surface area contributed by atoms with Gasteiger partial charge in [0.2, 0.25) is 0 Å². The SMILES string of the molecule is CC(C)CCC[C@@H](C)[C@H]1CC[C@H]2[C@@H]3CC=C4C[C@@H](OC(=O)NCCN(C)c5ccc6c(-c7ccc(N(CC(=O)O)CC(=O)O)c(OCc8ccccn8)c7)c7ccc(=O)cc-7oc6c5)CC[C@]4(C)[C@H]3CC[C@]12C. The number of carboxylic acids is 2. The van der Waals surface area contributed by atoms with Gasteiger partial charge in [-0.25, -0.2) is 4.79 Å². The molecule has 9 rings (SSSR count). The normalized spacial score (nSPS) is 24.8. The second-order valence-electron chi connectivity index (χ2n) is 22.7. The van der Waals surface area contributed by atoms with Gasteiger partial charge in [0.1, 0.15) is 42.9 Å². The van der Waals surface area contributed by atoms with Crippen LogP contribution in [0.1, 0.15) is 111 Å². The van der Waals surface area contributed by atoms with E-state index in [1.54, 1.807) is 42.6 Å². The number of carboxylic acid groups (broad SMARTS) is 2. The van der Waals surface area contributed by atoms with E-state index in [4.69, 9.17) is 13.9 Å². The minimum atomic E-state index is -1.20. The highest BCUT2D eigenvalue weighted by Crippen LogP contribution is 2.67. The number of nitrogens with zero attached hydrogens (tertiary/aromatic N) is 3. The number of carbonyl (C=O) groups excluding carboxylic acids is 1. The fourth-order valence-corrected chi connectivity index (χ4v) is 14.0. The van der Waals surface area contributed by atoms with E-state index in [0.29, 0.717) is 52.6 Å². The molecule has 3 saturated carbocycles. The van der Waals surface area contributed by atoms with Crippen molar-refractivity contribution in [2.45, 2.75) is 118 Å². The Hall–Kier alpha value is -6.37. The number of hydrogen-bond donors (Lipinski definition) is 3. The molecule has 2 aromatic carbocycles. The molecule has 1 amide bonds. The lowest BCUT2D eigenvalue weighted by Crippen LogP contribution is -2.51. The van der Waals surface area contributed by atoms with Gasteiger partial charge in [0.15, 0.2) is 5.43 Å². The highest BCUT2D eigenvalue weighted by Gasteiger charge is 2.59. The van der Waals surface area contributed by atoms with Crippen LogP contribution in [0.5, 0.6) is 5.75 Å². The predicted molar refractivity (Wildman–Crippen MR) is 285 cm³/mol. The van der Waals surface area contributed by atoms with Crippen LogP contribution in [0, 0.1) is 46.3 Å². The molecule has 388 valence electrons. The summed E-state index contributed by atoms with van der Waals surface area (Å²) in [5.74, 6) is 2.93. The molecule has 0 spiro atoms. The number of alkyl carbamates (subject to hydrolysis) is 1. The molecule has 1 aliphatic heterocycles. The number of rotatable bonds is 19.